The van der Waals surface area contributed by atoms with Gasteiger partial charge in [-0.05, 0) is 45.6 Å². The summed E-state index contributed by atoms with van der Waals surface area (Å²) in [5.74, 6) is -2.49. The van der Waals surface area contributed by atoms with E-state index in [1.807, 2.05) is 0 Å². The average Bonchev–Trinajstić information content (AvgIpc) is 2.27. The third-order valence-electron chi connectivity index (χ3n) is 2.88. The number of allylic oxidation sites excluding steroid dienone is 1. The lowest BCUT2D eigenvalue weighted by Gasteiger charge is -2.29. The maximum Gasteiger partial charge on any atom is 0.534 e. The van der Waals surface area contributed by atoms with Gasteiger partial charge in [0.05, 0.1) is 0 Å². The number of esters is 1. The van der Waals surface area contributed by atoms with Crippen molar-refractivity contribution in [2.45, 2.75) is 51.6 Å². The summed E-state index contributed by atoms with van der Waals surface area (Å²) in [6.07, 6.45) is 1.68. The molecule has 1 unspecified atom stereocenters. The third kappa shape index (κ3) is 4.89. The van der Waals surface area contributed by atoms with Crippen LogP contribution in [-0.4, -0.2) is 25.5 Å². The molecule has 0 aliphatic heterocycles. The van der Waals surface area contributed by atoms with E-state index in [4.69, 9.17) is 4.74 Å². The fourth-order valence-corrected chi connectivity index (χ4v) is 2.46. The Morgan fingerprint density at radius 1 is 1.27 bits per heavy atom. The van der Waals surface area contributed by atoms with Gasteiger partial charge in [-0.2, -0.15) is 21.6 Å². The fraction of sp³-hybridized carbons (Fsp3) is 0.769. The molecular weight excluding hydrogens is 325 g/mol. The van der Waals surface area contributed by atoms with Gasteiger partial charge in [0, 0.05) is 0 Å². The Morgan fingerprint density at radius 2 is 1.82 bits per heavy atom. The summed E-state index contributed by atoms with van der Waals surface area (Å²) in [7, 11) is -5.80. The number of hydrogen-bond donors (Lipinski definition) is 0. The molecule has 0 N–H and O–H groups in total. The quantitative estimate of drug-likeness (QED) is 0.447. The molecule has 0 heterocycles. The molecule has 0 bridgehead atoms. The van der Waals surface area contributed by atoms with Crippen LogP contribution in [0.2, 0.25) is 0 Å². The van der Waals surface area contributed by atoms with Gasteiger partial charge in [-0.1, -0.05) is 6.92 Å². The van der Waals surface area contributed by atoms with Gasteiger partial charge < -0.3 is 8.92 Å². The smallest absolute Gasteiger partial charge is 0.459 e. The second kappa shape index (κ2) is 6.10. The summed E-state index contributed by atoms with van der Waals surface area (Å²) >= 11 is 0. The maximum absolute atomic E-state index is 12.4. The van der Waals surface area contributed by atoms with E-state index in [9.17, 15) is 26.4 Å². The first kappa shape index (κ1) is 18.8. The SMILES string of the molecule is CC1CC=C(OS(=O)(=O)C(F)(F)F)[C@@H](C(=O)OC(C)(C)C)C1. The van der Waals surface area contributed by atoms with Crippen LogP contribution in [0.1, 0.15) is 40.5 Å². The molecule has 9 heteroatoms. The number of carbonyl (C=O) groups excluding carboxylic acids is 1. The Balaban J connectivity index is 3.02. The van der Waals surface area contributed by atoms with Crippen molar-refractivity contribution in [3.63, 3.8) is 0 Å². The van der Waals surface area contributed by atoms with Crippen molar-refractivity contribution in [2.75, 3.05) is 0 Å². The molecule has 0 aromatic rings. The molecule has 1 aliphatic carbocycles. The number of carbonyl (C=O) groups is 1. The molecule has 2 atom stereocenters. The van der Waals surface area contributed by atoms with Crippen LogP contribution in [0.15, 0.2) is 11.8 Å². The highest BCUT2D eigenvalue weighted by atomic mass is 32.2. The summed E-state index contributed by atoms with van der Waals surface area (Å²) < 4.78 is 68.7. The van der Waals surface area contributed by atoms with Gasteiger partial charge in [-0.15, -0.1) is 0 Å². The van der Waals surface area contributed by atoms with E-state index in [2.05, 4.69) is 4.18 Å². The monoisotopic (exact) mass is 344 g/mol. The molecule has 5 nitrogen and oxygen atoms in total. The minimum atomic E-state index is -5.80. The minimum absolute atomic E-state index is 0.00143. The molecule has 0 fully saturated rings. The van der Waals surface area contributed by atoms with E-state index in [1.165, 1.54) is 6.08 Å². The van der Waals surface area contributed by atoms with E-state index >= 15 is 0 Å². The number of ether oxygens (including phenoxy) is 1. The first-order valence-corrected chi connectivity index (χ1v) is 8.07. The predicted molar refractivity (Wildman–Crippen MR) is 71.9 cm³/mol. The van der Waals surface area contributed by atoms with E-state index in [1.54, 1.807) is 27.7 Å². The van der Waals surface area contributed by atoms with Gasteiger partial charge in [0.25, 0.3) is 0 Å². The van der Waals surface area contributed by atoms with Crippen molar-refractivity contribution in [3.05, 3.63) is 11.8 Å². The van der Waals surface area contributed by atoms with Gasteiger partial charge in [-0.3, -0.25) is 4.79 Å². The van der Waals surface area contributed by atoms with Crippen LogP contribution in [0, 0.1) is 11.8 Å². The van der Waals surface area contributed by atoms with Crippen molar-refractivity contribution < 1.29 is 35.3 Å². The highest BCUT2D eigenvalue weighted by Crippen LogP contribution is 2.35. The van der Waals surface area contributed by atoms with Gasteiger partial charge >= 0.3 is 21.6 Å². The predicted octanol–water partition coefficient (Wildman–Crippen LogP) is 3.12. The van der Waals surface area contributed by atoms with Crippen LogP contribution in [0.25, 0.3) is 0 Å². The molecule has 0 amide bonds. The third-order valence-corrected chi connectivity index (χ3v) is 3.86. The summed E-state index contributed by atoms with van der Waals surface area (Å²) in [4.78, 5) is 12.1. The molecule has 128 valence electrons. The van der Waals surface area contributed by atoms with Crippen molar-refractivity contribution in [2.24, 2.45) is 11.8 Å². The molecule has 1 aliphatic rings. The molecule has 0 saturated heterocycles. The number of halogens is 3. The van der Waals surface area contributed by atoms with Crippen LogP contribution < -0.4 is 0 Å². The Morgan fingerprint density at radius 3 is 2.27 bits per heavy atom. The van der Waals surface area contributed by atoms with Crippen LogP contribution >= 0.6 is 0 Å². The Hall–Kier alpha value is -1.25. The van der Waals surface area contributed by atoms with Crippen molar-refractivity contribution >= 4 is 16.1 Å². The Bertz CT molecular complexity index is 557. The van der Waals surface area contributed by atoms with Crippen LogP contribution in [0.5, 0.6) is 0 Å². The topological polar surface area (TPSA) is 69.7 Å². The van der Waals surface area contributed by atoms with Crippen LogP contribution in [0.3, 0.4) is 0 Å². The van der Waals surface area contributed by atoms with Gasteiger partial charge in [0.15, 0.2) is 0 Å². The summed E-state index contributed by atoms with van der Waals surface area (Å²) in [5, 5.41) is 0. The lowest BCUT2D eigenvalue weighted by atomic mass is 9.86. The zero-order chi connectivity index (χ0) is 17.3. The zero-order valence-electron chi connectivity index (χ0n) is 12.7. The molecule has 0 radical (unpaired) electrons. The van der Waals surface area contributed by atoms with Gasteiger partial charge in [0.2, 0.25) is 0 Å². The summed E-state index contributed by atoms with van der Waals surface area (Å²) in [6.45, 7) is 6.61. The van der Waals surface area contributed by atoms with E-state index in [0.29, 0.717) is 6.42 Å². The fourth-order valence-electron chi connectivity index (χ4n) is 1.93. The van der Waals surface area contributed by atoms with Crippen molar-refractivity contribution in [1.82, 2.24) is 0 Å². The number of rotatable bonds is 3. The number of alkyl halides is 3. The van der Waals surface area contributed by atoms with E-state index in [0.717, 1.165) is 0 Å². The highest BCUT2D eigenvalue weighted by molar-refractivity contribution is 7.87. The standard InChI is InChI=1S/C13H19F3O5S/c1-8-5-6-10(21-22(18,19)13(14,15)16)9(7-8)11(17)20-12(2,3)4/h6,8-9H,5,7H2,1-4H3/t8?,9-/m0/s1. The zero-order valence-corrected chi connectivity index (χ0v) is 13.5. The molecule has 0 aromatic carbocycles. The second-order valence-corrected chi connectivity index (χ2v) is 7.79. The lowest BCUT2D eigenvalue weighted by molar-refractivity contribution is -0.160. The summed E-state index contributed by atoms with van der Waals surface area (Å²) in [6, 6.07) is 0. The second-order valence-electron chi connectivity index (χ2n) is 6.25. The van der Waals surface area contributed by atoms with Gasteiger partial charge in [0.1, 0.15) is 17.3 Å². The normalized spacial score (nSPS) is 23.7. The maximum atomic E-state index is 12.4. The number of hydrogen-bond acceptors (Lipinski definition) is 5. The molecule has 1 rings (SSSR count). The molecule has 0 spiro atoms. The van der Waals surface area contributed by atoms with Crippen LogP contribution in [-0.2, 0) is 23.8 Å². The Labute approximate surface area is 127 Å². The highest BCUT2D eigenvalue weighted by Gasteiger charge is 2.50. The first-order chi connectivity index (χ1) is 9.73. The Kier molecular flexibility index (Phi) is 5.21. The van der Waals surface area contributed by atoms with Crippen molar-refractivity contribution in [3.8, 4) is 0 Å². The minimum Gasteiger partial charge on any atom is -0.459 e. The van der Waals surface area contributed by atoms with E-state index in [-0.39, 0.29) is 12.3 Å². The molecule has 22 heavy (non-hydrogen) atoms. The first-order valence-electron chi connectivity index (χ1n) is 6.66. The van der Waals surface area contributed by atoms with Crippen LogP contribution in [0.4, 0.5) is 13.2 Å². The van der Waals surface area contributed by atoms with E-state index < -0.39 is 38.9 Å². The van der Waals surface area contributed by atoms with Gasteiger partial charge in [-0.25, -0.2) is 0 Å². The lowest BCUT2D eigenvalue weighted by Crippen LogP contribution is -2.34. The van der Waals surface area contributed by atoms with Crippen molar-refractivity contribution in [1.29, 1.82) is 0 Å². The molecule has 0 saturated carbocycles. The average molecular weight is 344 g/mol. The summed E-state index contributed by atoms with van der Waals surface area (Å²) in [5.41, 5.74) is -6.39. The molecule has 0 aromatic heterocycles. The largest absolute Gasteiger partial charge is 0.534 e. The molecular formula is C13H19F3O5S.